The van der Waals surface area contributed by atoms with E-state index in [1.807, 2.05) is 72.5 Å². The number of benzene rings is 1. The lowest BCUT2D eigenvalue weighted by molar-refractivity contribution is -0.118. The Morgan fingerprint density at radius 3 is 2.68 bits per heavy atom. The summed E-state index contributed by atoms with van der Waals surface area (Å²) in [7, 11) is 0. The molecule has 0 fully saturated rings. The van der Waals surface area contributed by atoms with Crippen molar-refractivity contribution in [3.8, 4) is 0 Å². The Morgan fingerprint density at radius 2 is 1.96 bits per heavy atom. The Labute approximate surface area is 167 Å². The van der Waals surface area contributed by atoms with Gasteiger partial charge in [-0.05, 0) is 32.4 Å². The fraction of sp³-hybridized carbons (Fsp3) is 0.286. The second-order valence-corrected chi connectivity index (χ2v) is 7.71. The van der Waals surface area contributed by atoms with E-state index in [9.17, 15) is 4.79 Å². The number of nitrogens with zero attached hydrogens (tertiary/aromatic N) is 4. The second-order valence-electron chi connectivity index (χ2n) is 6.52. The van der Waals surface area contributed by atoms with Crippen LogP contribution in [0.2, 0.25) is 0 Å². The summed E-state index contributed by atoms with van der Waals surface area (Å²) in [6.45, 7) is 6.55. The molecule has 0 saturated heterocycles. The zero-order chi connectivity index (χ0) is 19.7. The number of aromatic nitrogens is 3. The smallest absolute Gasteiger partial charge is 0.240 e. The highest BCUT2D eigenvalue weighted by molar-refractivity contribution is 8.00. The first-order chi connectivity index (χ1) is 13.6. The zero-order valence-electron chi connectivity index (χ0n) is 16.1. The van der Waals surface area contributed by atoms with Crippen LogP contribution in [0.15, 0.2) is 58.2 Å². The summed E-state index contributed by atoms with van der Waals surface area (Å²) in [5.74, 6) is 0.867. The van der Waals surface area contributed by atoms with Crippen LogP contribution in [-0.4, -0.2) is 32.3 Å². The number of amides is 1. The standard InChI is InChI=1S/C21H22N4O2S/c1-4-19(21(26)24(5-2)15-9-7-6-8-10-15)28-20-17-13-18-16(11-12-27-18)25(17)14(3)22-23-20/h6-13,19H,4-5H2,1-3H3. The van der Waals surface area contributed by atoms with Crippen LogP contribution in [0.1, 0.15) is 26.1 Å². The summed E-state index contributed by atoms with van der Waals surface area (Å²) in [5, 5.41) is 9.18. The van der Waals surface area contributed by atoms with Crippen molar-refractivity contribution in [3.63, 3.8) is 0 Å². The molecule has 4 rings (SSSR count). The Morgan fingerprint density at radius 1 is 1.18 bits per heavy atom. The lowest BCUT2D eigenvalue weighted by Crippen LogP contribution is -2.37. The zero-order valence-corrected chi connectivity index (χ0v) is 16.9. The highest BCUT2D eigenvalue weighted by atomic mass is 32.2. The van der Waals surface area contributed by atoms with Crippen molar-refractivity contribution < 1.29 is 9.21 Å². The molecule has 1 unspecified atom stereocenters. The van der Waals surface area contributed by atoms with Crippen LogP contribution in [0.25, 0.3) is 16.6 Å². The van der Waals surface area contributed by atoms with Gasteiger partial charge < -0.3 is 9.32 Å². The quantitative estimate of drug-likeness (QED) is 0.443. The fourth-order valence-corrected chi connectivity index (χ4v) is 4.44. The SMILES string of the molecule is CCC(Sc1nnc(C)n2c1cc1occc12)C(=O)N(CC)c1ccccc1. The van der Waals surface area contributed by atoms with Gasteiger partial charge in [-0.15, -0.1) is 10.2 Å². The predicted octanol–water partition coefficient (Wildman–Crippen LogP) is 4.71. The Hall–Kier alpha value is -2.80. The van der Waals surface area contributed by atoms with E-state index >= 15 is 0 Å². The molecule has 7 heteroatoms. The molecule has 4 aromatic rings. The van der Waals surface area contributed by atoms with Crippen molar-refractivity contribution in [3.05, 3.63) is 54.6 Å². The van der Waals surface area contributed by atoms with E-state index in [4.69, 9.17) is 4.42 Å². The molecule has 0 aliphatic carbocycles. The van der Waals surface area contributed by atoms with E-state index in [1.165, 1.54) is 11.8 Å². The Bertz CT molecular complexity index is 1120. The molecule has 0 saturated carbocycles. The number of aryl methyl sites for hydroxylation is 1. The van der Waals surface area contributed by atoms with E-state index in [0.717, 1.165) is 33.2 Å². The highest BCUT2D eigenvalue weighted by Crippen LogP contribution is 2.33. The number of rotatable bonds is 6. The van der Waals surface area contributed by atoms with Crippen LogP contribution in [0, 0.1) is 6.92 Å². The minimum atomic E-state index is -0.248. The molecule has 0 aliphatic heterocycles. The number of anilines is 1. The number of hydrogen-bond donors (Lipinski definition) is 0. The molecule has 1 amide bonds. The first-order valence-corrected chi connectivity index (χ1v) is 10.3. The molecule has 3 aromatic heterocycles. The topological polar surface area (TPSA) is 63.6 Å². The van der Waals surface area contributed by atoms with Crippen molar-refractivity contribution in [2.24, 2.45) is 0 Å². The summed E-state index contributed by atoms with van der Waals surface area (Å²) >= 11 is 1.46. The van der Waals surface area contributed by atoms with Crippen LogP contribution in [0.4, 0.5) is 5.69 Å². The molecule has 0 radical (unpaired) electrons. The first-order valence-electron chi connectivity index (χ1n) is 9.39. The third kappa shape index (κ3) is 3.16. The van der Waals surface area contributed by atoms with E-state index in [1.54, 1.807) is 6.26 Å². The van der Waals surface area contributed by atoms with Crippen LogP contribution in [0.3, 0.4) is 0 Å². The van der Waals surface area contributed by atoms with Crippen LogP contribution in [0.5, 0.6) is 0 Å². The van der Waals surface area contributed by atoms with Gasteiger partial charge in [0.05, 0.1) is 22.5 Å². The van der Waals surface area contributed by atoms with Gasteiger partial charge in [0, 0.05) is 24.4 Å². The average Bonchev–Trinajstić information content (AvgIpc) is 3.30. The van der Waals surface area contributed by atoms with Gasteiger partial charge in [-0.3, -0.25) is 9.20 Å². The maximum Gasteiger partial charge on any atom is 0.240 e. The Kier molecular flexibility index (Phi) is 5.09. The average molecular weight is 395 g/mol. The first kappa shape index (κ1) is 18.6. The number of hydrogen-bond acceptors (Lipinski definition) is 5. The number of furan rings is 1. The molecule has 0 aliphatic rings. The number of thioether (sulfide) groups is 1. The van der Waals surface area contributed by atoms with E-state index in [-0.39, 0.29) is 11.2 Å². The Balaban J connectivity index is 1.68. The highest BCUT2D eigenvalue weighted by Gasteiger charge is 2.26. The van der Waals surface area contributed by atoms with Crippen molar-refractivity contribution in [2.75, 3.05) is 11.4 Å². The minimum Gasteiger partial charge on any atom is -0.463 e. The lowest BCUT2D eigenvalue weighted by atomic mass is 10.2. The second kappa shape index (κ2) is 7.67. The molecule has 0 N–H and O–H groups in total. The van der Waals surface area contributed by atoms with Crippen molar-refractivity contribution in [2.45, 2.75) is 37.5 Å². The number of carbonyl (C=O) groups excluding carboxylic acids is 1. The molecular weight excluding hydrogens is 372 g/mol. The maximum atomic E-state index is 13.3. The molecular formula is C21H22N4O2S. The van der Waals surface area contributed by atoms with E-state index in [0.29, 0.717) is 13.0 Å². The van der Waals surface area contributed by atoms with E-state index in [2.05, 4.69) is 10.2 Å². The van der Waals surface area contributed by atoms with Gasteiger partial charge >= 0.3 is 0 Å². The van der Waals surface area contributed by atoms with Gasteiger partial charge in [-0.25, -0.2) is 0 Å². The number of para-hydroxylation sites is 1. The number of carbonyl (C=O) groups is 1. The molecule has 3 heterocycles. The minimum absolute atomic E-state index is 0.0805. The van der Waals surface area contributed by atoms with Gasteiger partial charge in [0.15, 0.2) is 5.58 Å². The molecule has 144 valence electrons. The lowest BCUT2D eigenvalue weighted by Gasteiger charge is -2.25. The third-order valence-electron chi connectivity index (χ3n) is 4.80. The molecule has 1 aromatic carbocycles. The summed E-state index contributed by atoms with van der Waals surface area (Å²) in [4.78, 5) is 15.1. The third-order valence-corrected chi connectivity index (χ3v) is 6.14. The van der Waals surface area contributed by atoms with Crippen LogP contribution in [-0.2, 0) is 4.79 Å². The van der Waals surface area contributed by atoms with Gasteiger partial charge in [-0.2, -0.15) is 0 Å². The van der Waals surface area contributed by atoms with Gasteiger partial charge in [0.25, 0.3) is 0 Å². The molecule has 28 heavy (non-hydrogen) atoms. The monoisotopic (exact) mass is 394 g/mol. The van der Waals surface area contributed by atoms with Gasteiger partial charge in [0.2, 0.25) is 5.91 Å². The number of fused-ring (bicyclic) bond motifs is 3. The predicted molar refractivity (Wildman–Crippen MR) is 112 cm³/mol. The van der Waals surface area contributed by atoms with Crippen LogP contribution >= 0.6 is 11.8 Å². The summed E-state index contributed by atoms with van der Waals surface area (Å²) in [6.07, 6.45) is 2.37. The molecule has 0 spiro atoms. The van der Waals surface area contributed by atoms with Crippen molar-refractivity contribution in [1.29, 1.82) is 0 Å². The summed E-state index contributed by atoms with van der Waals surface area (Å²) < 4.78 is 7.57. The van der Waals surface area contributed by atoms with Gasteiger partial charge in [0.1, 0.15) is 10.9 Å². The van der Waals surface area contributed by atoms with Gasteiger partial charge in [-0.1, -0.05) is 36.9 Å². The largest absolute Gasteiger partial charge is 0.463 e. The molecule has 1 atom stereocenters. The van der Waals surface area contributed by atoms with Crippen LogP contribution < -0.4 is 4.90 Å². The van der Waals surface area contributed by atoms with E-state index < -0.39 is 0 Å². The maximum absolute atomic E-state index is 13.3. The summed E-state index contributed by atoms with van der Waals surface area (Å²) in [6, 6.07) is 13.7. The normalized spacial score (nSPS) is 12.5. The van der Waals surface area contributed by atoms with Crippen molar-refractivity contribution in [1.82, 2.24) is 14.6 Å². The fourth-order valence-electron chi connectivity index (χ4n) is 3.42. The van der Waals surface area contributed by atoms with Crippen molar-refractivity contribution >= 4 is 40.0 Å². The summed E-state index contributed by atoms with van der Waals surface area (Å²) in [5.41, 5.74) is 3.58. The molecule has 0 bridgehead atoms. The molecule has 6 nitrogen and oxygen atoms in total.